The van der Waals surface area contributed by atoms with Gasteiger partial charge in [0.1, 0.15) is 0 Å². The van der Waals surface area contributed by atoms with Crippen molar-refractivity contribution in [2.24, 2.45) is 5.92 Å². The van der Waals surface area contributed by atoms with Crippen molar-refractivity contribution in [3.63, 3.8) is 0 Å². The van der Waals surface area contributed by atoms with E-state index in [0.717, 1.165) is 13.2 Å². The molecule has 15 heavy (non-hydrogen) atoms. The van der Waals surface area contributed by atoms with E-state index < -0.39 is 0 Å². The van der Waals surface area contributed by atoms with Crippen molar-refractivity contribution in [2.45, 2.75) is 19.9 Å². The smallest absolute Gasteiger partial charge is 0.0499 e. The van der Waals surface area contributed by atoms with Crippen LogP contribution >= 0.6 is 0 Å². The second-order valence-electron chi connectivity index (χ2n) is 4.10. The second kappa shape index (κ2) is 6.59. The Morgan fingerprint density at radius 3 is 2.47 bits per heavy atom. The Balaban J connectivity index is 2.33. The van der Waals surface area contributed by atoms with Gasteiger partial charge in [0.05, 0.1) is 0 Å². The van der Waals surface area contributed by atoms with Crippen molar-refractivity contribution in [1.29, 1.82) is 0 Å². The van der Waals surface area contributed by atoms with E-state index in [1.54, 1.807) is 7.11 Å². The molecule has 0 saturated carbocycles. The van der Waals surface area contributed by atoms with E-state index in [-0.39, 0.29) is 0 Å². The number of methoxy groups -OCH3 is 1. The Bertz CT molecular complexity index is 260. The molecule has 0 bridgehead atoms. The zero-order chi connectivity index (χ0) is 11.1. The SMILES string of the molecule is COCC(C)CN[C@@H](C)c1ccccc1. The van der Waals surface area contributed by atoms with Crippen LogP contribution in [0.2, 0.25) is 0 Å². The molecule has 0 aromatic heterocycles. The van der Waals surface area contributed by atoms with Gasteiger partial charge in [0.25, 0.3) is 0 Å². The number of hydrogen-bond acceptors (Lipinski definition) is 2. The average molecular weight is 207 g/mol. The topological polar surface area (TPSA) is 21.3 Å². The van der Waals surface area contributed by atoms with Gasteiger partial charge in [-0.15, -0.1) is 0 Å². The molecule has 0 aliphatic carbocycles. The minimum atomic E-state index is 0.408. The lowest BCUT2D eigenvalue weighted by Crippen LogP contribution is -2.26. The minimum Gasteiger partial charge on any atom is -0.384 e. The monoisotopic (exact) mass is 207 g/mol. The van der Waals surface area contributed by atoms with Crippen molar-refractivity contribution in [3.05, 3.63) is 35.9 Å². The van der Waals surface area contributed by atoms with Crippen LogP contribution in [0.15, 0.2) is 30.3 Å². The van der Waals surface area contributed by atoms with E-state index in [2.05, 4.69) is 43.4 Å². The molecule has 0 aliphatic heterocycles. The molecular formula is C13H21NO. The molecule has 1 N–H and O–H groups in total. The van der Waals surface area contributed by atoms with Gasteiger partial charge in [0.15, 0.2) is 0 Å². The summed E-state index contributed by atoms with van der Waals surface area (Å²) in [5, 5.41) is 3.50. The molecule has 0 amide bonds. The van der Waals surface area contributed by atoms with Crippen LogP contribution in [0.3, 0.4) is 0 Å². The summed E-state index contributed by atoms with van der Waals surface area (Å²) in [4.78, 5) is 0. The number of nitrogens with one attached hydrogen (secondary N) is 1. The fraction of sp³-hybridized carbons (Fsp3) is 0.538. The lowest BCUT2D eigenvalue weighted by Gasteiger charge is -2.17. The highest BCUT2D eigenvalue weighted by molar-refractivity contribution is 5.17. The highest BCUT2D eigenvalue weighted by atomic mass is 16.5. The van der Waals surface area contributed by atoms with Gasteiger partial charge in [-0.25, -0.2) is 0 Å². The third kappa shape index (κ3) is 4.45. The van der Waals surface area contributed by atoms with E-state index in [4.69, 9.17) is 4.74 Å². The molecule has 1 aromatic carbocycles. The van der Waals surface area contributed by atoms with Crippen molar-refractivity contribution < 1.29 is 4.74 Å². The van der Waals surface area contributed by atoms with Gasteiger partial charge in [-0.2, -0.15) is 0 Å². The summed E-state index contributed by atoms with van der Waals surface area (Å²) in [6.07, 6.45) is 0. The summed E-state index contributed by atoms with van der Waals surface area (Å²) < 4.78 is 5.10. The van der Waals surface area contributed by atoms with E-state index in [0.29, 0.717) is 12.0 Å². The van der Waals surface area contributed by atoms with Crippen LogP contribution in [0.4, 0.5) is 0 Å². The predicted molar refractivity (Wildman–Crippen MR) is 63.9 cm³/mol. The molecule has 0 radical (unpaired) electrons. The Labute approximate surface area is 92.6 Å². The van der Waals surface area contributed by atoms with Crippen LogP contribution in [0, 0.1) is 5.92 Å². The lowest BCUT2D eigenvalue weighted by molar-refractivity contribution is 0.157. The van der Waals surface area contributed by atoms with Crippen LogP contribution in [0.5, 0.6) is 0 Å². The molecule has 1 aromatic rings. The van der Waals surface area contributed by atoms with Gasteiger partial charge >= 0.3 is 0 Å². The molecule has 0 heterocycles. The largest absolute Gasteiger partial charge is 0.384 e. The Hall–Kier alpha value is -0.860. The molecule has 2 heteroatoms. The number of rotatable bonds is 6. The third-order valence-corrected chi connectivity index (χ3v) is 2.52. The molecular weight excluding hydrogens is 186 g/mol. The van der Waals surface area contributed by atoms with E-state index in [9.17, 15) is 0 Å². The highest BCUT2D eigenvalue weighted by Crippen LogP contribution is 2.11. The first kappa shape index (κ1) is 12.2. The van der Waals surface area contributed by atoms with Crippen molar-refractivity contribution in [1.82, 2.24) is 5.32 Å². The fourth-order valence-corrected chi connectivity index (χ4v) is 1.58. The van der Waals surface area contributed by atoms with Crippen LogP contribution in [0.25, 0.3) is 0 Å². The standard InChI is InChI=1S/C13H21NO/c1-11(10-15-3)9-14-12(2)13-7-5-4-6-8-13/h4-8,11-12,14H,9-10H2,1-3H3/t11?,12-/m0/s1. The summed E-state index contributed by atoms with van der Waals surface area (Å²) in [6.45, 7) is 6.18. The Morgan fingerprint density at radius 2 is 1.87 bits per heavy atom. The number of benzene rings is 1. The first-order valence-electron chi connectivity index (χ1n) is 5.51. The average Bonchev–Trinajstić information content (AvgIpc) is 2.27. The molecule has 0 fully saturated rings. The van der Waals surface area contributed by atoms with Gasteiger partial charge < -0.3 is 10.1 Å². The number of hydrogen-bond donors (Lipinski definition) is 1. The molecule has 0 saturated heterocycles. The summed E-state index contributed by atoms with van der Waals surface area (Å²) in [6, 6.07) is 10.9. The van der Waals surface area contributed by atoms with Crippen molar-refractivity contribution in [3.8, 4) is 0 Å². The first-order valence-corrected chi connectivity index (χ1v) is 5.51. The van der Waals surface area contributed by atoms with Crippen molar-refractivity contribution in [2.75, 3.05) is 20.3 Å². The molecule has 84 valence electrons. The zero-order valence-corrected chi connectivity index (χ0v) is 9.86. The van der Waals surface area contributed by atoms with E-state index in [1.165, 1.54) is 5.56 Å². The zero-order valence-electron chi connectivity index (χ0n) is 9.86. The summed E-state index contributed by atoms with van der Waals surface area (Å²) >= 11 is 0. The maximum atomic E-state index is 5.10. The third-order valence-electron chi connectivity index (χ3n) is 2.52. The molecule has 2 nitrogen and oxygen atoms in total. The molecule has 0 aliphatic rings. The minimum absolute atomic E-state index is 0.408. The second-order valence-corrected chi connectivity index (χ2v) is 4.10. The fourth-order valence-electron chi connectivity index (χ4n) is 1.58. The van der Waals surface area contributed by atoms with E-state index in [1.807, 2.05) is 6.07 Å². The van der Waals surface area contributed by atoms with Crippen LogP contribution in [-0.2, 0) is 4.74 Å². The van der Waals surface area contributed by atoms with Gasteiger partial charge in [-0.05, 0) is 18.4 Å². The molecule has 2 atom stereocenters. The van der Waals surface area contributed by atoms with Crippen LogP contribution in [-0.4, -0.2) is 20.3 Å². The molecule has 1 rings (SSSR count). The van der Waals surface area contributed by atoms with Crippen molar-refractivity contribution >= 4 is 0 Å². The maximum Gasteiger partial charge on any atom is 0.0499 e. The van der Waals surface area contributed by atoms with Gasteiger partial charge in [-0.3, -0.25) is 0 Å². The first-order chi connectivity index (χ1) is 7.24. The summed E-state index contributed by atoms with van der Waals surface area (Å²) in [5.41, 5.74) is 1.34. The highest BCUT2D eigenvalue weighted by Gasteiger charge is 2.06. The normalized spacial score (nSPS) is 14.9. The molecule has 1 unspecified atom stereocenters. The summed E-state index contributed by atoms with van der Waals surface area (Å²) in [7, 11) is 1.75. The quantitative estimate of drug-likeness (QED) is 0.774. The lowest BCUT2D eigenvalue weighted by atomic mass is 10.1. The summed E-state index contributed by atoms with van der Waals surface area (Å²) in [5.74, 6) is 0.557. The maximum absolute atomic E-state index is 5.10. The van der Waals surface area contributed by atoms with E-state index >= 15 is 0 Å². The predicted octanol–water partition coefficient (Wildman–Crippen LogP) is 2.62. The van der Waals surface area contributed by atoms with Gasteiger partial charge in [0, 0.05) is 26.3 Å². The van der Waals surface area contributed by atoms with Gasteiger partial charge in [0.2, 0.25) is 0 Å². The van der Waals surface area contributed by atoms with Crippen LogP contribution < -0.4 is 5.32 Å². The number of ether oxygens (including phenoxy) is 1. The van der Waals surface area contributed by atoms with Gasteiger partial charge in [-0.1, -0.05) is 37.3 Å². The molecule has 0 spiro atoms. The van der Waals surface area contributed by atoms with Crippen LogP contribution in [0.1, 0.15) is 25.5 Å². The Kier molecular flexibility index (Phi) is 5.37. The Morgan fingerprint density at radius 1 is 1.20 bits per heavy atom.